The SMILES string of the molecule is CCOc1cc(CNC(=NC)NCc2ccc(COCC(F)(F)F)cc2)ccc1OC.I. The molecule has 0 aliphatic carbocycles. The monoisotopic (exact) mass is 567 g/mol. The Bertz CT molecular complexity index is 847. The molecule has 2 aromatic rings. The molecule has 10 heteroatoms. The Balaban J connectivity index is 0.00000512. The second-order valence-corrected chi connectivity index (χ2v) is 6.62. The molecule has 0 spiro atoms. The number of benzene rings is 2. The molecule has 0 saturated heterocycles. The molecule has 0 aromatic heterocycles. The van der Waals surface area contributed by atoms with E-state index in [0.717, 1.165) is 11.1 Å². The third kappa shape index (κ3) is 9.94. The van der Waals surface area contributed by atoms with Crippen molar-refractivity contribution in [3.05, 3.63) is 59.2 Å². The predicted molar refractivity (Wildman–Crippen MR) is 129 cm³/mol. The first-order valence-electron chi connectivity index (χ1n) is 9.81. The highest BCUT2D eigenvalue weighted by atomic mass is 127. The standard InChI is InChI=1S/C22H28F3N3O3.HI/c1-4-31-20-11-18(9-10-19(20)29-3)13-28-21(26-2)27-12-16-5-7-17(8-6-16)14-30-15-22(23,24)25;/h5-11H,4,12-15H2,1-3H3,(H2,26,27,28);1H. The molecule has 6 nitrogen and oxygen atoms in total. The number of ether oxygens (including phenoxy) is 3. The van der Waals surface area contributed by atoms with Crippen molar-refractivity contribution in [1.29, 1.82) is 0 Å². The minimum Gasteiger partial charge on any atom is -0.493 e. The number of methoxy groups -OCH3 is 1. The van der Waals surface area contributed by atoms with E-state index < -0.39 is 12.8 Å². The molecule has 0 aliphatic rings. The quantitative estimate of drug-likeness (QED) is 0.249. The van der Waals surface area contributed by atoms with E-state index in [0.29, 0.717) is 42.7 Å². The Morgan fingerprint density at radius 1 is 0.938 bits per heavy atom. The number of aliphatic imine (C=N–C) groups is 1. The molecule has 2 N–H and O–H groups in total. The fourth-order valence-electron chi connectivity index (χ4n) is 2.73. The van der Waals surface area contributed by atoms with Gasteiger partial charge in [0.05, 0.1) is 20.3 Å². The van der Waals surface area contributed by atoms with Gasteiger partial charge >= 0.3 is 6.18 Å². The molecule has 0 radical (unpaired) electrons. The summed E-state index contributed by atoms with van der Waals surface area (Å²) in [5.41, 5.74) is 2.65. The van der Waals surface area contributed by atoms with Crippen LogP contribution in [0.3, 0.4) is 0 Å². The Hall–Kier alpha value is -2.21. The maximum Gasteiger partial charge on any atom is 0.411 e. The first kappa shape index (κ1) is 27.8. The van der Waals surface area contributed by atoms with Gasteiger partial charge in [-0.1, -0.05) is 30.3 Å². The second kappa shape index (κ2) is 14.0. The van der Waals surface area contributed by atoms with Crippen molar-refractivity contribution in [2.75, 3.05) is 27.4 Å². The fraction of sp³-hybridized carbons (Fsp3) is 0.409. The number of guanidine groups is 1. The lowest BCUT2D eigenvalue weighted by Gasteiger charge is -2.14. The summed E-state index contributed by atoms with van der Waals surface area (Å²) < 4.78 is 51.9. The van der Waals surface area contributed by atoms with Crippen LogP contribution in [0.15, 0.2) is 47.5 Å². The second-order valence-electron chi connectivity index (χ2n) is 6.62. The van der Waals surface area contributed by atoms with Crippen LogP contribution in [0, 0.1) is 0 Å². The number of hydrogen-bond acceptors (Lipinski definition) is 4. The molecule has 178 valence electrons. The first-order chi connectivity index (χ1) is 14.8. The summed E-state index contributed by atoms with van der Waals surface area (Å²) in [7, 11) is 3.28. The van der Waals surface area contributed by atoms with Gasteiger partial charge in [0.1, 0.15) is 6.61 Å². The van der Waals surface area contributed by atoms with Crippen LogP contribution in [0.2, 0.25) is 0 Å². The molecule has 2 aromatic carbocycles. The molecule has 2 rings (SSSR count). The molecule has 0 bridgehead atoms. The van der Waals surface area contributed by atoms with Crippen LogP contribution in [0.4, 0.5) is 13.2 Å². The molecular formula is C22H29F3IN3O3. The van der Waals surface area contributed by atoms with Gasteiger partial charge in [0.15, 0.2) is 17.5 Å². The van der Waals surface area contributed by atoms with Crippen molar-refractivity contribution in [2.24, 2.45) is 4.99 Å². The zero-order valence-corrected chi connectivity index (χ0v) is 20.6. The number of nitrogens with one attached hydrogen (secondary N) is 2. The summed E-state index contributed by atoms with van der Waals surface area (Å²) in [6.07, 6.45) is -4.32. The fourth-order valence-corrected chi connectivity index (χ4v) is 2.73. The zero-order chi connectivity index (χ0) is 22.7. The molecule has 0 saturated carbocycles. The summed E-state index contributed by atoms with van der Waals surface area (Å²) >= 11 is 0. The van der Waals surface area contributed by atoms with Crippen molar-refractivity contribution >= 4 is 29.9 Å². The Morgan fingerprint density at radius 3 is 2.09 bits per heavy atom. The van der Waals surface area contributed by atoms with E-state index in [1.54, 1.807) is 26.3 Å². The molecule has 0 aliphatic heterocycles. The summed E-state index contributed by atoms with van der Waals surface area (Å²) in [5, 5.41) is 6.44. The minimum atomic E-state index is -4.32. The van der Waals surface area contributed by atoms with Gasteiger partial charge in [-0.2, -0.15) is 13.2 Å². The van der Waals surface area contributed by atoms with Crippen LogP contribution in [-0.4, -0.2) is 39.5 Å². The normalized spacial score (nSPS) is 11.5. The van der Waals surface area contributed by atoms with E-state index in [2.05, 4.69) is 20.4 Å². The maximum atomic E-state index is 12.1. The largest absolute Gasteiger partial charge is 0.493 e. The number of halogens is 4. The lowest BCUT2D eigenvalue weighted by molar-refractivity contribution is -0.176. The smallest absolute Gasteiger partial charge is 0.411 e. The minimum absolute atomic E-state index is 0. The summed E-state index contributed by atoms with van der Waals surface area (Å²) in [4.78, 5) is 4.20. The van der Waals surface area contributed by atoms with Gasteiger partial charge in [0.25, 0.3) is 0 Å². The van der Waals surface area contributed by atoms with E-state index >= 15 is 0 Å². The number of alkyl halides is 3. The van der Waals surface area contributed by atoms with Gasteiger partial charge in [-0.15, -0.1) is 24.0 Å². The lowest BCUT2D eigenvalue weighted by atomic mass is 10.1. The van der Waals surface area contributed by atoms with E-state index in [-0.39, 0.29) is 30.6 Å². The van der Waals surface area contributed by atoms with Gasteiger partial charge < -0.3 is 24.8 Å². The van der Waals surface area contributed by atoms with Gasteiger partial charge in [-0.3, -0.25) is 4.99 Å². The molecule has 0 fully saturated rings. The predicted octanol–water partition coefficient (Wildman–Crippen LogP) is 4.66. The van der Waals surface area contributed by atoms with Crippen LogP contribution < -0.4 is 20.1 Å². The molecule has 32 heavy (non-hydrogen) atoms. The third-order valence-electron chi connectivity index (χ3n) is 4.23. The lowest BCUT2D eigenvalue weighted by Crippen LogP contribution is -2.36. The Morgan fingerprint density at radius 2 is 1.53 bits per heavy atom. The number of rotatable bonds is 10. The van der Waals surface area contributed by atoms with Crippen LogP contribution in [0.25, 0.3) is 0 Å². The highest BCUT2D eigenvalue weighted by Crippen LogP contribution is 2.28. The topological polar surface area (TPSA) is 64.1 Å². The van der Waals surface area contributed by atoms with E-state index in [1.165, 1.54) is 0 Å². The zero-order valence-electron chi connectivity index (χ0n) is 18.3. The Labute approximate surface area is 203 Å². The average Bonchev–Trinajstić information content (AvgIpc) is 2.74. The van der Waals surface area contributed by atoms with E-state index in [4.69, 9.17) is 9.47 Å². The number of hydrogen-bond donors (Lipinski definition) is 2. The highest BCUT2D eigenvalue weighted by Gasteiger charge is 2.27. The van der Waals surface area contributed by atoms with Crippen LogP contribution in [0.1, 0.15) is 23.6 Å². The number of nitrogens with zero attached hydrogens (tertiary/aromatic N) is 1. The molecule has 0 amide bonds. The van der Waals surface area contributed by atoms with Crippen molar-refractivity contribution in [3.8, 4) is 11.5 Å². The van der Waals surface area contributed by atoms with Gasteiger partial charge in [0.2, 0.25) is 0 Å². The molecule has 0 unspecified atom stereocenters. The summed E-state index contributed by atoms with van der Waals surface area (Å²) in [6, 6.07) is 12.9. The molecular weight excluding hydrogens is 538 g/mol. The van der Waals surface area contributed by atoms with Crippen molar-refractivity contribution in [3.63, 3.8) is 0 Å². The van der Waals surface area contributed by atoms with Crippen LogP contribution in [-0.2, 0) is 24.4 Å². The maximum absolute atomic E-state index is 12.1. The Kier molecular flexibility index (Phi) is 12.2. The van der Waals surface area contributed by atoms with Crippen molar-refractivity contribution < 1.29 is 27.4 Å². The van der Waals surface area contributed by atoms with E-state index in [1.807, 2.05) is 37.3 Å². The van der Waals surface area contributed by atoms with Crippen molar-refractivity contribution in [1.82, 2.24) is 10.6 Å². The summed E-state index contributed by atoms with van der Waals surface area (Å²) in [5.74, 6) is 1.98. The first-order valence-corrected chi connectivity index (χ1v) is 9.81. The van der Waals surface area contributed by atoms with Crippen LogP contribution >= 0.6 is 24.0 Å². The van der Waals surface area contributed by atoms with Crippen LogP contribution in [0.5, 0.6) is 11.5 Å². The molecule has 0 atom stereocenters. The van der Waals surface area contributed by atoms with Gasteiger partial charge in [0, 0.05) is 20.1 Å². The molecule has 0 heterocycles. The van der Waals surface area contributed by atoms with Gasteiger partial charge in [-0.05, 0) is 35.7 Å². The van der Waals surface area contributed by atoms with Crippen molar-refractivity contribution in [2.45, 2.75) is 32.8 Å². The highest BCUT2D eigenvalue weighted by molar-refractivity contribution is 14.0. The third-order valence-corrected chi connectivity index (χ3v) is 4.23. The summed E-state index contributed by atoms with van der Waals surface area (Å²) in [6.45, 7) is 2.18. The van der Waals surface area contributed by atoms with Gasteiger partial charge in [-0.25, -0.2) is 0 Å². The van der Waals surface area contributed by atoms with E-state index in [9.17, 15) is 13.2 Å². The average molecular weight is 567 g/mol.